The third kappa shape index (κ3) is 3.76. The molecule has 1 aromatic rings. The van der Waals surface area contributed by atoms with Crippen molar-refractivity contribution in [3.63, 3.8) is 0 Å². The zero-order valence-corrected chi connectivity index (χ0v) is 13.3. The average molecular weight is 301 g/mol. The third-order valence-corrected chi connectivity index (χ3v) is 3.35. The molecule has 0 radical (unpaired) electrons. The van der Waals surface area contributed by atoms with Crippen LogP contribution in [0.1, 0.15) is 30.8 Å². The Morgan fingerprint density at radius 1 is 1.45 bits per heavy atom. The quantitative estimate of drug-likeness (QED) is 0.784. The first kappa shape index (κ1) is 16.6. The fourth-order valence-electron chi connectivity index (χ4n) is 2.05. The number of likely N-dealkylation sites (N-methyl/N-ethyl adjacent to an activating group) is 1. The number of rotatable bonds is 5. The SMILES string of the molecule is COC(=O)C(CC(C)C)N(C)C(=O)c1cc(Cl)cn1C. The first-order valence-corrected chi connectivity index (χ1v) is 6.82. The lowest BCUT2D eigenvalue weighted by Crippen LogP contribution is -2.44. The largest absolute Gasteiger partial charge is 0.467 e. The molecule has 0 aliphatic heterocycles. The standard InChI is InChI=1S/C14H21ClN2O3/c1-9(2)6-12(14(19)20-5)17(4)13(18)11-7-10(15)8-16(11)3/h7-9,12H,6H2,1-5H3. The van der Waals surface area contributed by atoms with Gasteiger partial charge in [0.05, 0.1) is 12.1 Å². The van der Waals surface area contributed by atoms with Crippen molar-refractivity contribution in [2.24, 2.45) is 13.0 Å². The molecular formula is C14H21ClN2O3. The van der Waals surface area contributed by atoms with Gasteiger partial charge in [0.15, 0.2) is 0 Å². The minimum atomic E-state index is -0.596. The Morgan fingerprint density at radius 2 is 2.05 bits per heavy atom. The van der Waals surface area contributed by atoms with E-state index in [-0.39, 0.29) is 11.8 Å². The van der Waals surface area contributed by atoms with Gasteiger partial charge in [0.2, 0.25) is 0 Å². The van der Waals surface area contributed by atoms with E-state index in [1.54, 1.807) is 30.9 Å². The van der Waals surface area contributed by atoms with Crippen LogP contribution >= 0.6 is 11.6 Å². The number of esters is 1. The topological polar surface area (TPSA) is 51.5 Å². The number of methoxy groups -OCH3 is 1. The number of halogens is 1. The van der Waals surface area contributed by atoms with Gasteiger partial charge >= 0.3 is 5.97 Å². The number of amides is 1. The van der Waals surface area contributed by atoms with Crippen LogP contribution < -0.4 is 0 Å². The van der Waals surface area contributed by atoms with Crippen LogP contribution in [-0.2, 0) is 16.6 Å². The molecule has 20 heavy (non-hydrogen) atoms. The number of carbonyl (C=O) groups is 2. The highest BCUT2D eigenvalue weighted by atomic mass is 35.5. The summed E-state index contributed by atoms with van der Waals surface area (Å²) in [6.07, 6.45) is 2.20. The van der Waals surface area contributed by atoms with Crippen molar-refractivity contribution in [1.82, 2.24) is 9.47 Å². The van der Waals surface area contributed by atoms with Gasteiger partial charge in [-0.3, -0.25) is 4.79 Å². The second-order valence-electron chi connectivity index (χ2n) is 5.24. The summed E-state index contributed by atoms with van der Waals surface area (Å²) < 4.78 is 6.43. The number of aryl methyl sites for hydroxylation is 1. The van der Waals surface area contributed by atoms with Crippen LogP contribution in [0, 0.1) is 5.92 Å². The Kier molecular flexibility index (Phi) is 5.62. The summed E-state index contributed by atoms with van der Waals surface area (Å²) >= 11 is 5.88. The molecule has 112 valence electrons. The number of hydrogen-bond acceptors (Lipinski definition) is 3. The van der Waals surface area contributed by atoms with Crippen LogP contribution in [0.4, 0.5) is 0 Å². The molecule has 0 saturated heterocycles. The summed E-state index contributed by atoms with van der Waals surface area (Å²) in [7, 11) is 4.67. The Balaban J connectivity index is 2.99. The summed E-state index contributed by atoms with van der Waals surface area (Å²) in [5, 5.41) is 0.489. The smallest absolute Gasteiger partial charge is 0.328 e. The van der Waals surface area contributed by atoms with Gasteiger partial charge in [0.1, 0.15) is 11.7 Å². The highest BCUT2D eigenvalue weighted by Crippen LogP contribution is 2.18. The van der Waals surface area contributed by atoms with Crippen molar-refractivity contribution < 1.29 is 14.3 Å². The first-order chi connectivity index (χ1) is 9.27. The first-order valence-electron chi connectivity index (χ1n) is 6.44. The van der Waals surface area contributed by atoms with Gasteiger partial charge in [-0.1, -0.05) is 25.4 Å². The van der Waals surface area contributed by atoms with E-state index in [9.17, 15) is 9.59 Å². The minimum absolute atomic E-state index is 0.254. The summed E-state index contributed by atoms with van der Waals surface area (Å²) in [6, 6.07) is 0.991. The van der Waals surface area contributed by atoms with E-state index in [1.165, 1.54) is 12.0 Å². The van der Waals surface area contributed by atoms with E-state index in [0.29, 0.717) is 17.1 Å². The fourth-order valence-corrected chi connectivity index (χ4v) is 2.30. The van der Waals surface area contributed by atoms with E-state index in [2.05, 4.69) is 0 Å². The van der Waals surface area contributed by atoms with Crippen LogP contribution in [0.25, 0.3) is 0 Å². The summed E-state index contributed by atoms with van der Waals surface area (Å²) in [5.41, 5.74) is 0.440. The number of aromatic nitrogens is 1. The molecule has 1 unspecified atom stereocenters. The van der Waals surface area contributed by atoms with Crippen molar-refractivity contribution in [1.29, 1.82) is 0 Å². The Bertz CT molecular complexity index is 497. The molecule has 0 bridgehead atoms. The van der Waals surface area contributed by atoms with Crippen LogP contribution in [0.15, 0.2) is 12.3 Å². The lowest BCUT2D eigenvalue weighted by Gasteiger charge is -2.27. The van der Waals surface area contributed by atoms with Crippen LogP contribution in [-0.4, -0.2) is 41.5 Å². The minimum Gasteiger partial charge on any atom is -0.467 e. The Hall–Kier alpha value is -1.49. The van der Waals surface area contributed by atoms with Crippen molar-refractivity contribution >= 4 is 23.5 Å². The van der Waals surface area contributed by atoms with Crippen LogP contribution in [0.2, 0.25) is 5.02 Å². The van der Waals surface area contributed by atoms with E-state index in [4.69, 9.17) is 16.3 Å². The van der Waals surface area contributed by atoms with Crippen LogP contribution in [0.3, 0.4) is 0 Å². The molecule has 0 fully saturated rings. The van der Waals surface area contributed by atoms with Gasteiger partial charge in [-0.2, -0.15) is 0 Å². The molecule has 1 heterocycles. The number of hydrogen-bond donors (Lipinski definition) is 0. The second-order valence-corrected chi connectivity index (χ2v) is 5.68. The maximum absolute atomic E-state index is 12.5. The van der Waals surface area contributed by atoms with Crippen molar-refractivity contribution in [3.05, 3.63) is 23.0 Å². The van der Waals surface area contributed by atoms with Gasteiger partial charge in [0, 0.05) is 20.3 Å². The van der Waals surface area contributed by atoms with Gasteiger partial charge in [-0.25, -0.2) is 4.79 Å². The summed E-state index contributed by atoms with van der Waals surface area (Å²) in [5.74, 6) is -0.392. The van der Waals surface area contributed by atoms with Crippen molar-refractivity contribution in [2.45, 2.75) is 26.3 Å². The van der Waals surface area contributed by atoms with E-state index in [0.717, 1.165) is 0 Å². The van der Waals surface area contributed by atoms with E-state index >= 15 is 0 Å². The second kappa shape index (κ2) is 6.79. The normalized spacial score (nSPS) is 12.3. The molecule has 0 aliphatic rings. The number of carbonyl (C=O) groups excluding carboxylic acids is 2. The zero-order valence-electron chi connectivity index (χ0n) is 12.5. The molecule has 5 nitrogen and oxygen atoms in total. The average Bonchev–Trinajstić information content (AvgIpc) is 2.72. The molecule has 6 heteroatoms. The molecule has 1 aromatic heterocycles. The maximum Gasteiger partial charge on any atom is 0.328 e. The summed E-state index contributed by atoms with van der Waals surface area (Å²) in [4.78, 5) is 25.7. The van der Waals surface area contributed by atoms with Gasteiger partial charge in [-0.15, -0.1) is 0 Å². The molecule has 0 saturated carbocycles. The maximum atomic E-state index is 12.5. The molecule has 1 rings (SSSR count). The van der Waals surface area contributed by atoms with Gasteiger partial charge in [-0.05, 0) is 18.4 Å². The Morgan fingerprint density at radius 3 is 2.45 bits per heavy atom. The van der Waals surface area contributed by atoms with Gasteiger partial charge in [0.25, 0.3) is 5.91 Å². The number of nitrogens with zero attached hydrogens (tertiary/aromatic N) is 2. The molecule has 1 amide bonds. The van der Waals surface area contributed by atoms with E-state index < -0.39 is 12.0 Å². The molecule has 0 N–H and O–H groups in total. The zero-order chi connectivity index (χ0) is 15.4. The third-order valence-electron chi connectivity index (χ3n) is 3.15. The molecule has 1 atom stereocenters. The van der Waals surface area contributed by atoms with E-state index in [1.807, 2.05) is 13.8 Å². The summed E-state index contributed by atoms with van der Waals surface area (Å²) in [6.45, 7) is 3.99. The molecule has 0 aliphatic carbocycles. The molecular weight excluding hydrogens is 280 g/mol. The molecule has 0 spiro atoms. The lowest BCUT2D eigenvalue weighted by molar-refractivity contribution is -0.146. The molecule has 0 aromatic carbocycles. The van der Waals surface area contributed by atoms with Crippen molar-refractivity contribution in [3.8, 4) is 0 Å². The highest BCUT2D eigenvalue weighted by Gasteiger charge is 2.30. The van der Waals surface area contributed by atoms with Gasteiger partial charge < -0.3 is 14.2 Å². The fraction of sp³-hybridized carbons (Fsp3) is 0.571. The lowest BCUT2D eigenvalue weighted by atomic mass is 10.0. The predicted molar refractivity (Wildman–Crippen MR) is 77.8 cm³/mol. The highest BCUT2D eigenvalue weighted by molar-refractivity contribution is 6.31. The van der Waals surface area contributed by atoms with Crippen LogP contribution in [0.5, 0.6) is 0 Å². The monoisotopic (exact) mass is 300 g/mol. The predicted octanol–water partition coefficient (Wildman–Crippen LogP) is 2.34. The van der Waals surface area contributed by atoms with Crippen molar-refractivity contribution in [2.75, 3.05) is 14.2 Å². The Labute approximate surface area is 124 Å². The number of ether oxygens (including phenoxy) is 1.